The monoisotopic (exact) mass is 296 g/mol. The molecule has 0 aromatic heterocycles. The molecule has 1 fully saturated rings. The van der Waals surface area contributed by atoms with Gasteiger partial charge in [-0.1, -0.05) is 18.5 Å². The Kier molecular flexibility index (Phi) is 4.49. The van der Waals surface area contributed by atoms with Crippen molar-refractivity contribution in [1.29, 1.82) is 0 Å². The van der Waals surface area contributed by atoms with Crippen LogP contribution >= 0.6 is 11.6 Å². The summed E-state index contributed by atoms with van der Waals surface area (Å²) in [5, 5.41) is 3.59. The highest BCUT2D eigenvalue weighted by Gasteiger charge is 2.36. The number of carbonyl (C=O) groups is 2. The van der Waals surface area contributed by atoms with E-state index in [1.54, 1.807) is 18.2 Å². The van der Waals surface area contributed by atoms with Crippen molar-refractivity contribution in [2.75, 3.05) is 19.0 Å². The van der Waals surface area contributed by atoms with E-state index in [9.17, 15) is 9.59 Å². The van der Waals surface area contributed by atoms with Crippen molar-refractivity contribution in [1.82, 2.24) is 4.90 Å². The molecule has 1 aliphatic heterocycles. The number of anilines is 1. The molecule has 0 aliphatic carbocycles. The summed E-state index contributed by atoms with van der Waals surface area (Å²) in [5.74, 6) is 0.202. The van der Waals surface area contributed by atoms with Gasteiger partial charge >= 0.3 is 0 Å². The molecule has 108 valence electrons. The van der Waals surface area contributed by atoms with E-state index in [0.29, 0.717) is 23.1 Å². The standard InChI is InChI=1S/C14H17ClN2O3/c1-3-6-20-12-5-4-9(15)7-10(12)16-11-8-13(18)17(2)14(11)19/h4-5,7,11,16H,3,6,8H2,1-2H3. The normalized spacial score (nSPS) is 18.6. The Hall–Kier alpha value is -1.75. The van der Waals surface area contributed by atoms with E-state index in [-0.39, 0.29) is 18.2 Å². The molecule has 1 N–H and O–H groups in total. The van der Waals surface area contributed by atoms with Crippen molar-refractivity contribution >= 4 is 29.1 Å². The number of likely N-dealkylation sites (N-methyl/N-ethyl adjacent to an activating group) is 1. The maximum absolute atomic E-state index is 11.9. The topological polar surface area (TPSA) is 58.6 Å². The number of halogens is 1. The minimum absolute atomic E-state index is 0.148. The second kappa shape index (κ2) is 6.13. The highest BCUT2D eigenvalue weighted by Crippen LogP contribution is 2.30. The van der Waals surface area contributed by atoms with Crippen molar-refractivity contribution in [3.63, 3.8) is 0 Å². The van der Waals surface area contributed by atoms with Crippen LogP contribution in [0, 0.1) is 0 Å². The summed E-state index contributed by atoms with van der Waals surface area (Å²) in [6, 6.07) is 4.62. The van der Waals surface area contributed by atoms with Crippen molar-refractivity contribution in [3.05, 3.63) is 23.2 Å². The van der Waals surface area contributed by atoms with Gasteiger partial charge in [0.2, 0.25) is 5.91 Å². The van der Waals surface area contributed by atoms with Crippen LogP contribution in [0.1, 0.15) is 19.8 Å². The van der Waals surface area contributed by atoms with Gasteiger partial charge in [-0.2, -0.15) is 0 Å². The maximum Gasteiger partial charge on any atom is 0.251 e. The second-order valence-electron chi connectivity index (χ2n) is 4.68. The van der Waals surface area contributed by atoms with Gasteiger partial charge in [-0.3, -0.25) is 14.5 Å². The Morgan fingerprint density at radius 1 is 1.45 bits per heavy atom. The van der Waals surface area contributed by atoms with Gasteiger partial charge in [-0.05, 0) is 24.6 Å². The molecular weight excluding hydrogens is 280 g/mol. The Balaban J connectivity index is 2.18. The maximum atomic E-state index is 11.9. The fraction of sp³-hybridized carbons (Fsp3) is 0.429. The first kappa shape index (κ1) is 14.7. The first-order chi connectivity index (χ1) is 9.52. The van der Waals surface area contributed by atoms with Crippen LogP contribution < -0.4 is 10.1 Å². The van der Waals surface area contributed by atoms with Crippen molar-refractivity contribution in [3.8, 4) is 5.75 Å². The first-order valence-corrected chi connectivity index (χ1v) is 6.90. The van der Waals surface area contributed by atoms with Crippen LogP contribution in [0.25, 0.3) is 0 Å². The van der Waals surface area contributed by atoms with Crippen molar-refractivity contribution in [2.24, 2.45) is 0 Å². The lowest BCUT2D eigenvalue weighted by Crippen LogP contribution is -2.31. The van der Waals surface area contributed by atoms with E-state index in [1.165, 1.54) is 7.05 Å². The minimum Gasteiger partial charge on any atom is -0.491 e. The lowest BCUT2D eigenvalue weighted by Gasteiger charge is -2.16. The van der Waals surface area contributed by atoms with Gasteiger partial charge in [0.15, 0.2) is 0 Å². The van der Waals surface area contributed by atoms with Crippen LogP contribution in [-0.4, -0.2) is 36.4 Å². The first-order valence-electron chi connectivity index (χ1n) is 6.52. The fourth-order valence-electron chi connectivity index (χ4n) is 2.01. The zero-order valence-electron chi connectivity index (χ0n) is 11.5. The molecule has 5 nitrogen and oxygen atoms in total. The van der Waals surface area contributed by atoms with Gasteiger partial charge in [0.25, 0.3) is 5.91 Å². The molecule has 2 amide bonds. The van der Waals surface area contributed by atoms with Crippen molar-refractivity contribution < 1.29 is 14.3 Å². The molecule has 1 aromatic rings. The van der Waals surface area contributed by atoms with E-state index in [2.05, 4.69) is 5.32 Å². The Morgan fingerprint density at radius 3 is 2.80 bits per heavy atom. The molecule has 0 bridgehead atoms. The van der Waals surface area contributed by atoms with E-state index >= 15 is 0 Å². The Labute approximate surface area is 122 Å². The Bertz CT molecular complexity index is 533. The number of carbonyl (C=O) groups excluding carboxylic acids is 2. The van der Waals surface area contributed by atoms with Gasteiger partial charge in [-0.25, -0.2) is 0 Å². The van der Waals surface area contributed by atoms with Gasteiger partial charge < -0.3 is 10.1 Å². The van der Waals surface area contributed by atoms with Gasteiger partial charge in [0, 0.05) is 12.1 Å². The third-order valence-electron chi connectivity index (χ3n) is 3.11. The molecular formula is C14H17ClN2O3. The van der Waals surface area contributed by atoms with Gasteiger partial charge in [-0.15, -0.1) is 0 Å². The molecule has 6 heteroatoms. The average Bonchev–Trinajstić information content (AvgIpc) is 2.66. The lowest BCUT2D eigenvalue weighted by molar-refractivity contribution is -0.136. The van der Waals surface area contributed by atoms with Crippen LogP contribution in [0.3, 0.4) is 0 Å². The predicted octanol–water partition coefficient (Wildman–Crippen LogP) is 2.30. The number of hydrogen-bond acceptors (Lipinski definition) is 4. The molecule has 1 aromatic carbocycles. The fourth-order valence-corrected chi connectivity index (χ4v) is 2.18. The second-order valence-corrected chi connectivity index (χ2v) is 5.12. The molecule has 1 unspecified atom stereocenters. The average molecular weight is 297 g/mol. The summed E-state index contributed by atoms with van der Waals surface area (Å²) < 4.78 is 5.61. The number of nitrogens with one attached hydrogen (secondary N) is 1. The number of rotatable bonds is 5. The third-order valence-corrected chi connectivity index (χ3v) is 3.35. The summed E-state index contributed by atoms with van der Waals surface area (Å²) >= 11 is 5.97. The number of nitrogens with zero attached hydrogens (tertiary/aromatic N) is 1. The number of amides is 2. The summed E-state index contributed by atoms with van der Waals surface area (Å²) in [4.78, 5) is 24.5. The largest absolute Gasteiger partial charge is 0.491 e. The van der Waals surface area contributed by atoms with Crippen molar-refractivity contribution in [2.45, 2.75) is 25.8 Å². The molecule has 0 spiro atoms. The zero-order valence-corrected chi connectivity index (χ0v) is 12.2. The lowest BCUT2D eigenvalue weighted by atomic mass is 10.2. The number of ether oxygens (including phenoxy) is 1. The van der Waals surface area contributed by atoms with Gasteiger partial charge in [0.1, 0.15) is 11.8 Å². The van der Waals surface area contributed by atoms with Crippen LogP contribution in [-0.2, 0) is 9.59 Å². The summed E-state index contributed by atoms with van der Waals surface area (Å²) in [7, 11) is 1.48. The summed E-state index contributed by atoms with van der Waals surface area (Å²) in [5.41, 5.74) is 0.632. The number of hydrogen-bond donors (Lipinski definition) is 1. The van der Waals surface area contributed by atoms with Crippen LogP contribution in [0.4, 0.5) is 5.69 Å². The highest BCUT2D eigenvalue weighted by molar-refractivity contribution is 6.31. The van der Waals surface area contributed by atoms with Crippen LogP contribution in [0.15, 0.2) is 18.2 Å². The SMILES string of the molecule is CCCOc1ccc(Cl)cc1NC1CC(=O)N(C)C1=O. The van der Waals surface area contributed by atoms with Gasteiger partial charge in [0.05, 0.1) is 18.7 Å². The van der Waals surface area contributed by atoms with E-state index in [4.69, 9.17) is 16.3 Å². The predicted molar refractivity (Wildman–Crippen MR) is 77.0 cm³/mol. The number of likely N-dealkylation sites (tertiary alicyclic amines) is 1. The molecule has 20 heavy (non-hydrogen) atoms. The molecule has 1 heterocycles. The van der Waals surface area contributed by atoms with E-state index in [1.807, 2.05) is 6.92 Å². The van der Waals surface area contributed by atoms with E-state index in [0.717, 1.165) is 11.3 Å². The zero-order chi connectivity index (χ0) is 14.7. The molecule has 1 atom stereocenters. The summed E-state index contributed by atoms with van der Waals surface area (Å²) in [6.07, 6.45) is 1.03. The van der Waals surface area contributed by atoms with Crippen LogP contribution in [0.2, 0.25) is 5.02 Å². The third kappa shape index (κ3) is 3.04. The smallest absolute Gasteiger partial charge is 0.251 e. The molecule has 0 saturated carbocycles. The Morgan fingerprint density at radius 2 is 2.20 bits per heavy atom. The van der Waals surface area contributed by atoms with Crippen LogP contribution in [0.5, 0.6) is 5.75 Å². The quantitative estimate of drug-likeness (QED) is 0.847. The highest BCUT2D eigenvalue weighted by atomic mass is 35.5. The minimum atomic E-state index is -0.560. The molecule has 0 radical (unpaired) electrons. The molecule has 1 saturated heterocycles. The molecule has 2 rings (SSSR count). The number of imide groups is 1. The molecule has 1 aliphatic rings. The number of benzene rings is 1. The van der Waals surface area contributed by atoms with E-state index < -0.39 is 6.04 Å². The summed E-state index contributed by atoms with van der Waals surface area (Å²) in [6.45, 7) is 2.59.